The first-order valence-electron chi connectivity index (χ1n) is 6.80. The lowest BCUT2D eigenvalue weighted by atomic mass is 10.2. The molecule has 22 heavy (non-hydrogen) atoms. The number of tetrazole rings is 1. The summed E-state index contributed by atoms with van der Waals surface area (Å²) in [5.74, 6) is 0.306. The van der Waals surface area contributed by atoms with Crippen LogP contribution in [0.25, 0.3) is 11.4 Å². The summed E-state index contributed by atoms with van der Waals surface area (Å²) in [6, 6.07) is 13.3. The van der Waals surface area contributed by atoms with Gasteiger partial charge in [0.25, 0.3) is 0 Å². The molecule has 0 aliphatic heterocycles. The number of carbonyl (C=O) groups is 1. The molecule has 2 heterocycles. The number of benzene rings is 1. The second kappa shape index (κ2) is 6.57. The number of nitrogens with one attached hydrogen (secondary N) is 1. The quantitative estimate of drug-likeness (QED) is 0.760. The molecule has 0 radical (unpaired) electrons. The Hall–Kier alpha value is -3.09. The molecule has 3 aromatic rings. The lowest BCUT2D eigenvalue weighted by Gasteiger charge is -2.04. The minimum absolute atomic E-state index is 0.0327. The van der Waals surface area contributed by atoms with Crippen molar-refractivity contribution >= 4 is 5.91 Å². The van der Waals surface area contributed by atoms with Gasteiger partial charge >= 0.3 is 0 Å². The highest BCUT2D eigenvalue weighted by Gasteiger charge is 2.08. The van der Waals surface area contributed by atoms with Crippen LogP contribution in [-0.2, 0) is 17.9 Å². The van der Waals surface area contributed by atoms with Crippen LogP contribution in [0.2, 0.25) is 0 Å². The van der Waals surface area contributed by atoms with Gasteiger partial charge in [-0.25, -0.2) is 0 Å². The van der Waals surface area contributed by atoms with E-state index in [9.17, 15) is 4.79 Å². The third-order valence-electron chi connectivity index (χ3n) is 3.01. The molecule has 7 heteroatoms. The van der Waals surface area contributed by atoms with Gasteiger partial charge in [0.2, 0.25) is 11.7 Å². The number of carbonyl (C=O) groups excluding carboxylic acids is 1. The second-order valence-corrected chi connectivity index (χ2v) is 4.64. The Morgan fingerprint density at radius 2 is 1.86 bits per heavy atom. The Labute approximate surface area is 127 Å². The van der Waals surface area contributed by atoms with Crippen molar-refractivity contribution in [3.63, 3.8) is 0 Å². The molecule has 7 nitrogen and oxygen atoms in total. The van der Waals surface area contributed by atoms with Crippen molar-refractivity contribution in [2.24, 2.45) is 0 Å². The molecule has 1 amide bonds. The van der Waals surface area contributed by atoms with Crippen molar-refractivity contribution in [3.8, 4) is 11.4 Å². The largest absolute Gasteiger partial charge is 0.350 e. The molecule has 1 aromatic carbocycles. The average molecular weight is 294 g/mol. The van der Waals surface area contributed by atoms with Gasteiger partial charge in [-0.3, -0.25) is 9.78 Å². The highest BCUT2D eigenvalue weighted by atomic mass is 16.2. The monoisotopic (exact) mass is 294 g/mol. The van der Waals surface area contributed by atoms with Crippen LogP contribution < -0.4 is 5.32 Å². The van der Waals surface area contributed by atoms with E-state index in [2.05, 4.69) is 25.7 Å². The lowest BCUT2D eigenvalue weighted by molar-refractivity contribution is -0.122. The van der Waals surface area contributed by atoms with Crippen molar-refractivity contribution in [1.29, 1.82) is 0 Å². The summed E-state index contributed by atoms with van der Waals surface area (Å²) in [7, 11) is 0. The molecule has 3 rings (SSSR count). The van der Waals surface area contributed by atoms with E-state index in [0.717, 1.165) is 11.1 Å². The van der Waals surface area contributed by atoms with Gasteiger partial charge in [0.15, 0.2) is 0 Å². The fourth-order valence-corrected chi connectivity index (χ4v) is 1.91. The molecule has 0 spiro atoms. The molecule has 1 N–H and O–H groups in total. The van der Waals surface area contributed by atoms with E-state index >= 15 is 0 Å². The molecular formula is C15H14N6O. The number of hydrogen-bond acceptors (Lipinski definition) is 5. The standard InChI is InChI=1S/C15H14N6O/c22-14(17-10-12-4-2-1-3-5-12)11-21-19-15(18-20-21)13-6-8-16-9-7-13/h1-9H,10-11H2,(H,17,22). The minimum Gasteiger partial charge on any atom is -0.350 e. The van der Waals surface area contributed by atoms with E-state index in [0.29, 0.717) is 12.4 Å². The summed E-state index contributed by atoms with van der Waals surface area (Å²) in [6.07, 6.45) is 3.31. The first-order chi connectivity index (χ1) is 10.8. The summed E-state index contributed by atoms with van der Waals surface area (Å²) >= 11 is 0. The molecule has 110 valence electrons. The van der Waals surface area contributed by atoms with Crippen LogP contribution in [0.5, 0.6) is 0 Å². The molecule has 0 fully saturated rings. The Kier molecular flexibility index (Phi) is 4.15. The highest BCUT2D eigenvalue weighted by molar-refractivity contribution is 5.75. The van der Waals surface area contributed by atoms with Gasteiger partial charge < -0.3 is 5.32 Å². The summed E-state index contributed by atoms with van der Waals surface area (Å²) in [5, 5.41) is 14.8. The lowest BCUT2D eigenvalue weighted by Crippen LogP contribution is -2.28. The fourth-order valence-electron chi connectivity index (χ4n) is 1.91. The molecule has 0 aliphatic rings. The third-order valence-corrected chi connectivity index (χ3v) is 3.01. The van der Waals surface area contributed by atoms with Crippen LogP contribution in [0.4, 0.5) is 0 Å². The van der Waals surface area contributed by atoms with Gasteiger partial charge in [-0.1, -0.05) is 30.3 Å². The summed E-state index contributed by atoms with van der Waals surface area (Å²) in [6.45, 7) is 0.510. The predicted octanol–water partition coefficient (Wildman–Crippen LogP) is 1.05. The number of nitrogens with zero attached hydrogens (tertiary/aromatic N) is 5. The average Bonchev–Trinajstić information content (AvgIpc) is 3.03. The normalized spacial score (nSPS) is 10.4. The summed E-state index contributed by atoms with van der Waals surface area (Å²) in [4.78, 5) is 17.1. The Morgan fingerprint density at radius 3 is 2.64 bits per heavy atom. The molecule has 0 saturated heterocycles. The van der Waals surface area contributed by atoms with E-state index in [1.54, 1.807) is 24.5 Å². The predicted molar refractivity (Wildman–Crippen MR) is 79.3 cm³/mol. The van der Waals surface area contributed by atoms with E-state index in [1.165, 1.54) is 4.80 Å². The topological polar surface area (TPSA) is 85.6 Å². The number of hydrogen-bond donors (Lipinski definition) is 1. The maximum absolute atomic E-state index is 11.9. The maximum Gasteiger partial charge on any atom is 0.243 e. The highest BCUT2D eigenvalue weighted by Crippen LogP contribution is 2.10. The molecule has 0 bridgehead atoms. The molecule has 0 aliphatic carbocycles. The van der Waals surface area contributed by atoms with Gasteiger partial charge in [0.05, 0.1) is 0 Å². The zero-order valence-electron chi connectivity index (χ0n) is 11.8. The molecular weight excluding hydrogens is 280 g/mol. The first-order valence-corrected chi connectivity index (χ1v) is 6.80. The number of aromatic nitrogens is 5. The smallest absolute Gasteiger partial charge is 0.243 e. The van der Waals surface area contributed by atoms with Crippen LogP contribution in [0.3, 0.4) is 0 Å². The van der Waals surface area contributed by atoms with Crippen LogP contribution >= 0.6 is 0 Å². The van der Waals surface area contributed by atoms with Crippen molar-refractivity contribution in [2.75, 3.05) is 0 Å². The van der Waals surface area contributed by atoms with E-state index in [4.69, 9.17) is 0 Å². The van der Waals surface area contributed by atoms with Gasteiger partial charge in [0.1, 0.15) is 6.54 Å². The molecule has 2 aromatic heterocycles. The second-order valence-electron chi connectivity index (χ2n) is 4.64. The summed E-state index contributed by atoms with van der Waals surface area (Å²) < 4.78 is 0. The van der Waals surface area contributed by atoms with E-state index in [1.807, 2.05) is 30.3 Å². The number of pyridine rings is 1. The summed E-state index contributed by atoms with van der Waals surface area (Å²) in [5.41, 5.74) is 1.85. The van der Waals surface area contributed by atoms with Crippen LogP contribution in [0.15, 0.2) is 54.9 Å². The fraction of sp³-hybridized carbons (Fsp3) is 0.133. The SMILES string of the molecule is O=C(Cn1nnc(-c2ccncc2)n1)NCc1ccccc1. The molecule has 0 atom stereocenters. The Morgan fingerprint density at radius 1 is 1.09 bits per heavy atom. The van der Waals surface area contributed by atoms with Gasteiger partial charge in [-0.15, -0.1) is 10.2 Å². The molecule has 0 unspecified atom stereocenters. The van der Waals surface area contributed by atoms with Crippen molar-refractivity contribution in [3.05, 3.63) is 60.4 Å². The third kappa shape index (κ3) is 3.51. The van der Waals surface area contributed by atoms with Crippen molar-refractivity contribution < 1.29 is 4.79 Å². The van der Waals surface area contributed by atoms with Crippen LogP contribution in [0.1, 0.15) is 5.56 Å². The van der Waals surface area contributed by atoms with Gasteiger partial charge in [-0.2, -0.15) is 4.80 Å². The van der Waals surface area contributed by atoms with Crippen molar-refractivity contribution in [2.45, 2.75) is 13.1 Å². The van der Waals surface area contributed by atoms with Gasteiger partial charge in [-0.05, 0) is 22.9 Å². The van der Waals surface area contributed by atoms with E-state index in [-0.39, 0.29) is 12.5 Å². The van der Waals surface area contributed by atoms with Crippen LogP contribution in [-0.4, -0.2) is 31.1 Å². The maximum atomic E-state index is 11.9. The van der Waals surface area contributed by atoms with E-state index < -0.39 is 0 Å². The van der Waals surface area contributed by atoms with Crippen molar-refractivity contribution in [1.82, 2.24) is 30.5 Å². The minimum atomic E-state index is -0.164. The number of amides is 1. The molecule has 0 saturated carbocycles. The zero-order chi connectivity index (χ0) is 15.2. The Balaban J connectivity index is 1.57. The van der Waals surface area contributed by atoms with Gasteiger partial charge in [0, 0.05) is 24.5 Å². The Bertz CT molecular complexity index is 741. The zero-order valence-corrected chi connectivity index (χ0v) is 11.8. The number of rotatable bonds is 5. The van der Waals surface area contributed by atoms with Crippen LogP contribution in [0, 0.1) is 0 Å². The first kappa shape index (κ1) is 13.9.